The molecule has 0 radical (unpaired) electrons. The van der Waals surface area contributed by atoms with Gasteiger partial charge in [-0.15, -0.1) is 21.5 Å². The average molecular weight is 454 g/mol. The van der Waals surface area contributed by atoms with Crippen LogP contribution in [0.3, 0.4) is 0 Å². The average Bonchev–Trinajstić information content (AvgIpc) is 3.54. The van der Waals surface area contributed by atoms with Crippen molar-refractivity contribution in [3.8, 4) is 10.8 Å². The van der Waals surface area contributed by atoms with Gasteiger partial charge in [-0.2, -0.15) is 0 Å². The number of nitrogens with zero attached hydrogens (tertiary/aromatic N) is 5. The number of hydrogen-bond acceptors (Lipinski definition) is 8. The number of hydrogen-bond donors (Lipinski definition) is 0. The van der Waals surface area contributed by atoms with E-state index in [1.807, 2.05) is 30.5 Å². The zero-order valence-corrected chi connectivity index (χ0v) is 18.9. The number of thioether (sulfide) groups is 1. The summed E-state index contributed by atoms with van der Waals surface area (Å²) < 4.78 is 13.6. The highest BCUT2D eigenvalue weighted by atomic mass is 32.2. The van der Waals surface area contributed by atoms with E-state index in [1.54, 1.807) is 23.1 Å². The van der Waals surface area contributed by atoms with Crippen LogP contribution in [-0.2, 0) is 17.0 Å². The number of aryl methyl sites for hydroxylation is 1. The van der Waals surface area contributed by atoms with E-state index in [0.717, 1.165) is 47.1 Å². The van der Waals surface area contributed by atoms with E-state index in [0.29, 0.717) is 24.9 Å². The summed E-state index contributed by atoms with van der Waals surface area (Å²) in [5.74, 6) is 3.10. The maximum absolute atomic E-state index is 5.89. The second kappa shape index (κ2) is 9.25. The third-order valence-corrected chi connectivity index (χ3v) is 6.97. The number of benzene rings is 1. The quantitative estimate of drug-likeness (QED) is 0.382. The minimum atomic E-state index is 0.677. The molecule has 4 heterocycles. The molecule has 0 unspecified atom stereocenters. The van der Waals surface area contributed by atoms with Crippen LogP contribution < -0.4 is 4.90 Å². The fourth-order valence-electron chi connectivity index (χ4n) is 3.49. The van der Waals surface area contributed by atoms with Crippen LogP contribution in [0.5, 0.6) is 0 Å². The van der Waals surface area contributed by atoms with E-state index >= 15 is 0 Å². The van der Waals surface area contributed by atoms with Crippen molar-refractivity contribution in [1.82, 2.24) is 19.7 Å². The van der Waals surface area contributed by atoms with Gasteiger partial charge in [-0.1, -0.05) is 48.2 Å². The molecule has 0 atom stereocenters. The molecule has 7 nitrogen and oxygen atoms in total. The lowest BCUT2D eigenvalue weighted by Gasteiger charge is -2.28. The topological polar surface area (TPSA) is 69.2 Å². The molecule has 3 aromatic heterocycles. The molecule has 1 saturated heterocycles. The van der Waals surface area contributed by atoms with Gasteiger partial charge in [0, 0.05) is 18.8 Å². The Hall–Kier alpha value is -2.62. The van der Waals surface area contributed by atoms with Gasteiger partial charge in [0.1, 0.15) is 5.76 Å². The van der Waals surface area contributed by atoms with Crippen molar-refractivity contribution in [2.45, 2.75) is 24.4 Å². The number of anilines is 1. The van der Waals surface area contributed by atoms with Gasteiger partial charge in [-0.3, -0.25) is 4.57 Å². The SMILES string of the molecule is Cc1oc(-c2cccs2)nc1CSc1nnc(N2CCOCC2)n1Cc1ccccc1. The standard InChI is InChI=1S/C22H23N5O2S2/c1-16-18(23-20(29-16)19-8-5-13-30-19)15-31-22-25-24-21(26-9-11-28-12-10-26)27(22)14-17-6-3-2-4-7-17/h2-8,13H,9-12,14-15H2,1H3. The van der Waals surface area contributed by atoms with E-state index in [2.05, 4.69) is 43.9 Å². The van der Waals surface area contributed by atoms with Gasteiger partial charge in [0.15, 0.2) is 5.16 Å². The maximum atomic E-state index is 5.89. The van der Waals surface area contributed by atoms with Crippen molar-refractivity contribution in [3.63, 3.8) is 0 Å². The Kier molecular flexibility index (Phi) is 6.06. The highest BCUT2D eigenvalue weighted by molar-refractivity contribution is 7.98. The second-order valence-electron chi connectivity index (χ2n) is 7.24. The van der Waals surface area contributed by atoms with Gasteiger partial charge < -0.3 is 14.1 Å². The van der Waals surface area contributed by atoms with E-state index in [-0.39, 0.29) is 0 Å². The third kappa shape index (κ3) is 4.53. The number of morpholine rings is 1. The normalized spacial score (nSPS) is 14.3. The van der Waals surface area contributed by atoms with Crippen molar-refractivity contribution in [3.05, 3.63) is 64.9 Å². The van der Waals surface area contributed by atoms with Crippen LogP contribution in [0, 0.1) is 6.92 Å². The molecule has 160 valence electrons. The van der Waals surface area contributed by atoms with Crippen LogP contribution in [0.25, 0.3) is 10.8 Å². The minimum absolute atomic E-state index is 0.677. The summed E-state index contributed by atoms with van der Waals surface area (Å²) in [7, 11) is 0. The van der Waals surface area contributed by atoms with Crippen LogP contribution in [0.1, 0.15) is 17.0 Å². The molecular weight excluding hydrogens is 430 g/mol. The molecule has 9 heteroatoms. The summed E-state index contributed by atoms with van der Waals surface area (Å²) in [5, 5.41) is 12.0. The van der Waals surface area contributed by atoms with Gasteiger partial charge in [0.05, 0.1) is 30.3 Å². The summed E-state index contributed by atoms with van der Waals surface area (Å²) in [6.45, 7) is 5.76. The van der Waals surface area contributed by atoms with Crippen LogP contribution in [-0.4, -0.2) is 46.1 Å². The Morgan fingerprint density at radius 2 is 1.90 bits per heavy atom. The summed E-state index contributed by atoms with van der Waals surface area (Å²) in [5.41, 5.74) is 2.16. The van der Waals surface area contributed by atoms with Crippen molar-refractivity contribution in [1.29, 1.82) is 0 Å². The molecule has 0 N–H and O–H groups in total. The lowest BCUT2D eigenvalue weighted by Crippen LogP contribution is -2.38. The number of oxazole rings is 1. The highest BCUT2D eigenvalue weighted by Gasteiger charge is 2.22. The Morgan fingerprint density at radius 3 is 2.68 bits per heavy atom. The zero-order valence-electron chi connectivity index (χ0n) is 17.2. The Morgan fingerprint density at radius 1 is 1.06 bits per heavy atom. The zero-order chi connectivity index (χ0) is 21.0. The van der Waals surface area contributed by atoms with Crippen molar-refractivity contribution in [2.24, 2.45) is 0 Å². The van der Waals surface area contributed by atoms with Crippen LogP contribution in [0.2, 0.25) is 0 Å². The first-order chi connectivity index (χ1) is 15.3. The van der Waals surface area contributed by atoms with E-state index in [1.165, 1.54) is 5.56 Å². The lowest BCUT2D eigenvalue weighted by molar-refractivity contribution is 0.121. The molecule has 1 aromatic carbocycles. The van der Waals surface area contributed by atoms with E-state index < -0.39 is 0 Å². The van der Waals surface area contributed by atoms with E-state index in [9.17, 15) is 0 Å². The molecule has 1 fully saturated rings. The van der Waals surface area contributed by atoms with Crippen molar-refractivity contribution >= 4 is 29.0 Å². The van der Waals surface area contributed by atoms with Gasteiger partial charge in [0.2, 0.25) is 11.8 Å². The molecule has 0 bridgehead atoms. The summed E-state index contributed by atoms with van der Waals surface area (Å²) in [6, 6.07) is 14.5. The first-order valence-corrected chi connectivity index (χ1v) is 12.1. The van der Waals surface area contributed by atoms with Gasteiger partial charge in [-0.05, 0) is 23.9 Å². The first kappa shape index (κ1) is 20.3. The van der Waals surface area contributed by atoms with Crippen molar-refractivity contribution in [2.75, 3.05) is 31.2 Å². The molecule has 4 aromatic rings. The minimum Gasteiger partial charge on any atom is -0.440 e. The Labute approximate surface area is 189 Å². The smallest absolute Gasteiger partial charge is 0.236 e. The lowest BCUT2D eigenvalue weighted by atomic mass is 10.2. The van der Waals surface area contributed by atoms with Gasteiger partial charge in [-0.25, -0.2) is 4.98 Å². The second-order valence-corrected chi connectivity index (χ2v) is 9.13. The number of thiophene rings is 1. The molecule has 5 rings (SSSR count). The predicted octanol–water partition coefficient (Wildman–Crippen LogP) is 4.48. The fraction of sp³-hybridized carbons (Fsp3) is 0.318. The van der Waals surface area contributed by atoms with Gasteiger partial charge in [0.25, 0.3) is 0 Å². The molecule has 1 aliphatic rings. The molecule has 31 heavy (non-hydrogen) atoms. The molecule has 0 saturated carbocycles. The monoisotopic (exact) mass is 453 g/mol. The molecule has 0 aliphatic carbocycles. The van der Waals surface area contributed by atoms with E-state index in [4.69, 9.17) is 14.1 Å². The fourth-order valence-corrected chi connectivity index (χ4v) is 5.07. The number of ether oxygens (including phenoxy) is 1. The summed E-state index contributed by atoms with van der Waals surface area (Å²) in [4.78, 5) is 8.01. The van der Waals surface area contributed by atoms with Crippen LogP contribution in [0.15, 0.2) is 57.4 Å². The molecule has 0 amide bonds. The number of aromatic nitrogens is 4. The molecule has 0 spiro atoms. The maximum Gasteiger partial charge on any atom is 0.236 e. The summed E-state index contributed by atoms with van der Waals surface area (Å²) >= 11 is 3.27. The van der Waals surface area contributed by atoms with Crippen molar-refractivity contribution < 1.29 is 9.15 Å². The predicted molar refractivity (Wildman–Crippen MR) is 123 cm³/mol. The van der Waals surface area contributed by atoms with Crippen LogP contribution in [0.4, 0.5) is 5.95 Å². The highest BCUT2D eigenvalue weighted by Crippen LogP contribution is 2.30. The Balaban J connectivity index is 1.39. The van der Waals surface area contributed by atoms with Crippen LogP contribution >= 0.6 is 23.1 Å². The number of rotatable bonds is 7. The first-order valence-electron chi connectivity index (χ1n) is 10.2. The largest absolute Gasteiger partial charge is 0.440 e. The third-order valence-electron chi connectivity index (χ3n) is 5.14. The molecular formula is C22H23N5O2S2. The molecule has 1 aliphatic heterocycles. The van der Waals surface area contributed by atoms with Gasteiger partial charge >= 0.3 is 0 Å². The summed E-state index contributed by atoms with van der Waals surface area (Å²) in [6.07, 6.45) is 0. The Bertz CT molecular complexity index is 1120.